The summed E-state index contributed by atoms with van der Waals surface area (Å²) >= 11 is 0. The van der Waals surface area contributed by atoms with Gasteiger partial charge in [0.05, 0.1) is 6.04 Å². The van der Waals surface area contributed by atoms with Crippen LogP contribution in [0.3, 0.4) is 0 Å². The van der Waals surface area contributed by atoms with Crippen LogP contribution in [-0.2, 0) is 9.59 Å². The minimum absolute atomic E-state index is 0.100. The van der Waals surface area contributed by atoms with E-state index in [-0.39, 0.29) is 12.2 Å². The smallest absolute Gasteiger partial charge is 0.198 e. The molecular weight excluding hydrogens is 286 g/mol. The Bertz CT molecular complexity index is 279. The monoisotopic (exact) mass is 324 g/mol. The average Bonchev–Trinajstić information content (AvgIpc) is 2.56. The molecule has 0 saturated heterocycles. The number of nitrogens with two attached hydrogens (primary N) is 1. The number of carbonyl (C=O) groups excluding carboxylic acids is 2. The van der Waals surface area contributed by atoms with Gasteiger partial charge in [-0.3, -0.25) is 9.59 Å². The lowest BCUT2D eigenvalue weighted by Gasteiger charge is -2.08. The van der Waals surface area contributed by atoms with Crippen LogP contribution in [0.2, 0.25) is 0 Å². The molecule has 1 radical (unpaired) electrons. The quantitative estimate of drug-likeness (QED) is 0.350. The van der Waals surface area contributed by atoms with E-state index in [4.69, 9.17) is 5.73 Å². The van der Waals surface area contributed by atoms with E-state index in [1.54, 1.807) is 6.29 Å². The molecule has 0 fully saturated rings. The van der Waals surface area contributed by atoms with Gasteiger partial charge in [-0.1, -0.05) is 84.0 Å². The van der Waals surface area contributed by atoms with Crippen LogP contribution in [0.1, 0.15) is 110 Å². The van der Waals surface area contributed by atoms with Gasteiger partial charge in [-0.05, 0) is 12.8 Å². The van der Waals surface area contributed by atoms with Crippen LogP contribution >= 0.6 is 0 Å². The van der Waals surface area contributed by atoms with Gasteiger partial charge in [0.25, 0.3) is 0 Å². The van der Waals surface area contributed by atoms with E-state index in [0.29, 0.717) is 12.8 Å². The Balaban J connectivity index is 3.21. The zero-order chi connectivity index (χ0) is 17.2. The molecule has 0 amide bonds. The topological polar surface area (TPSA) is 60.2 Å². The minimum Gasteiger partial charge on any atom is -0.321 e. The summed E-state index contributed by atoms with van der Waals surface area (Å²) in [6.45, 7) is 2.26. The number of hydrogen-bond donors (Lipinski definition) is 1. The van der Waals surface area contributed by atoms with Crippen LogP contribution in [0, 0.1) is 0 Å². The maximum absolute atomic E-state index is 11.7. The van der Waals surface area contributed by atoms with Gasteiger partial charge in [0.2, 0.25) is 0 Å². The van der Waals surface area contributed by atoms with Crippen molar-refractivity contribution in [3.05, 3.63) is 0 Å². The van der Waals surface area contributed by atoms with E-state index in [2.05, 4.69) is 6.92 Å². The number of rotatable bonds is 18. The second kappa shape index (κ2) is 17.7. The summed E-state index contributed by atoms with van der Waals surface area (Å²) < 4.78 is 0. The first-order chi connectivity index (χ1) is 11.2. The Morgan fingerprint density at radius 3 is 1.70 bits per heavy atom. The lowest BCUT2D eigenvalue weighted by atomic mass is 10.0. The van der Waals surface area contributed by atoms with Crippen molar-refractivity contribution in [1.82, 2.24) is 0 Å². The molecule has 23 heavy (non-hydrogen) atoms. The standard InChI is InChI=1S/C20H38NO2/c1-2-3-4-5-6-7-8-9-10-11-12-13-14-17-20(23)19(21)16-15-18-22/h19H,2-17,21H2,1H3. The third-order valence-corrected chi connectivity index (χ3v) is 4.50. The molecule has 0 spiro atoms. The van der Waals surface area contributed by atoms with Gasteiger partial charge in [0.1, 0.15) is 5.78 Å². The van der Waals surface area contributed by atoms with Gasteiger partial charge in [-0.2, -0.15) is 0 Å². The summed E-state index contributed by atoms with van der Waals surface area (Å²) in [6.07, 6.45) is 20.1. The second-order valence-corrected chi connectivity index (χ2v) is 6.75. The van der Waals surface area contributed by atoms with E-state index < -0.39 is 6.04 Å². The van der Waals surface area contributed by atoms with Crippen molar-refractivity contribution >= 4 is 12.1 Å². The van der Waals surface area contributed by atoms with Crippen LogP contribution < -0.4 is 5.73 Å². The maximum atomic E-state index is 11.7. The highest BCUT2D eigenvalue weighted by Crippen LogP contribution is 2.13. The number of ketones is 1. The van der Waals surface area contributed by atoms with Crippen molar-refractivity contribution in [2.75, 3.05) is 0 Å². The van der Waals surface area contributed by atoms with Crippen LogP contribution in [-0.4, -0.2) is 18.1 Å². The van der Waals surface area contributed by atoms with Crippen molar-refractivity contribution in [3.63, 3.8) is 0 Å². The summed E-state index contributed by atoms with van der Waals surface area (Å²) in [6, 6.07) is -0.464. The summed E-state index contributed by atoms with van der Waals surface area (Å²) in [5, 5.41) is 0. The Labute approximate surface area is 143 Å². The molecule has 0 aliphatic heterocycles. The Kier molecular flexibility index (Phi) is 17.1. The first-order valence-corrected chi connectivity index (χ1v) is 9.85. The summed E-state index contributed by atoms with van der Waals surface area (Å²) in [4.78, 5) is 21.8. The molecule has 0 heterocycles. The zero-order valence-corrected chi connectivity index (χ0v) is 15.3. The normalized spacial score (nSPS) is 12.3. The molecule has 0 aromatic carbocycles. The molecule has 1 atom stereocenters. The first kappa shape index (κ1) is 22.3. The highest BCUT2D eigenvalue weighted by atomic mass is 16.1. The molecule has 3 nitrogen and oxygen atoms in total. The molecule has 3 heteroatoms. The molecule has 1 unspecified atom stereocenters. The van der Waals surface area contributed by atoms with Gasteiger partial charge in [0, 0.05) is 12.8 Å². The van der Waals surface area contributed by atoms with Crippen molar-refractivity contribution in [2.45, 2.75) is 116 Å². The number of unbranched alkanes of at least 4 members (excludes halogenated alkanes) is 12. The summed E-state index contributed by atoms with van der Waals surface area (Å²) in [7, 11) is 0. The molecule has 0 aromatic rings. The first-order valence-electron chi connectivity index (χ1n) is 9.85. The molecule has 0 aliphatic carbocycles. The molecule has 0 aliphatic rings. The van der Waals surface area contributed by atoms with Gasteiger partial charge in [-0.25, -0.2) is 0 Å². The van der Waals surface area contributed by atoms with E-state index in [1.165, 1.54) is 70.6 Å². The third-order valence-electron chi connectivity index (χ3n) is 4.50. The van der Waals surface area contributed by atoms with E-state index in [9.17, 15) is 9.59 Å². The lowest BCUT2D eigenvalue weighted by Crippen LogP contribution is -2.30. The van der Waals surface area contributed by atoms with E-state index in [1.807, 2.05) is 0 Å². The molecule has 0 saturated carbocycles. The molecule has 0 rings (SSSR count). The lowest BCUT2D eigenvalue weighted by molar-refractivity contribution is -0.120. The predicted octanol–water partition coefficient (Wildman–Crippen LogP) is 5.25. The van der Waals surface area contributed by atoms with E-state index >= 15 is 0 Å². The van der Waals surface area contributed by atoms with Gasteiger partial charge >= 0.3 is 0 Å². The summed E-state index contributed by atoms with van der Waals surface area (Å²) in [5.41, 5.74) is 5.72. The fourth-order valence-electron chi connectivity index (χ4n) is 2.88. The van der Waals surface area contributed by atoms with Gasteiger partial charge in [0.15, 0.2) is 6.29 Å². The van der Waals surface area contributed by atoms with E-state index in [0.717, 1.165) is 12.8 Å². The molecule has 2 N–H and O–H groups in total. The molecule has 135 valence electrons. The van der Waals surface area contributed by atoms with Gasteiger partial charge < -0.3 is 5.73 Å². The third kappa shape index (κ3) is 16.0. The van der Waals surface area contributed by atoms with Crippen LogP contribution in [0.15, 0.2) is 0 Å². The SMILES string of the molecule is CCCCCCCCCCCCCCCC(=O)C(N)CC[C]=O. The minimum atomic E-state index is -0.464. The fraction of sp³-hybridized carbons (Fsp3) is 0.900. The van der Waals surface area contributed by atoms with Gasteiger partial charge in [-0.15, -0.1) is 0 Å². The van der Waals surface area contributed by atoms with Crippen molar-refractivity contribution in [2.24, 2.45) is 5.73 Å². The second-order valence-electron chi connectivity index (χ2n) is 6.75. The predicted molar refractivity (Wildman–Crippen MR) is 98.2 cm³/mol. The number of carbonyl (C=O) groups is 1. The highest BCUT2D eigenvalue weighted by Gasteiger charge is 2.12. The van der Waals surface area contributed by atoms with Crippen LogP contribution in [0.5, 0.6) is 0 Å². The van der Waals surface area contributed by atoms with Crippen molar-refractivity contribution < 1.29 is 9.59 Å². The molecule has 0 bridgehead atoms. The zero-order valence-electron chi connectivity index (χ0n) is 15.3. The maximum Gasteiger partial charge on any atom is 0.198 e. The number of Topliss-reactive ketones (excluding diaryl/α,β-unsaturated/α-hetero) is 1. The van der Waals surface area contributed by atoms with Crippen LogP contribution in [0.4, 0.5) is 0 Å². The fourth-order valence-corrected chi connectivity index (χ4v) is 2.88. The van der Waals surface area contributed by atoms with Crippen LogP contribution in [0.25, 0.3) is 0 Å². The Morgan fingerprint density at radius 1 is 0.826 bits per heavy atom. The van der Waals surface area contributed by atoms with Crippen molar-refractivity contribution in [3.8, 4) is 0 Å². The van der Waals surface area contributed by atoms with Crippen molar-refractivity contribution in [1.29, 1.82) is 0 Å². The number of hydrogen-bond acceptors (Lipinski definition) is 3. The molecule has 0 aromatic heterocycles. The largest absolute Gasteiger partial charge is 0.321 e. The Morgan fingerprint density at radius 2 is 1.26 bits per heavy atom. The molecular formula is C20H38NO2. The average molecular weight is 325 g/mol. The summed E-state index contributed by atoms with van der Waals surface area (Å²) in [5.74, 6) is 0.100. The highest BCUT2D eigenvalue weighted by molar-refractivity contribution is 5.83. The Hall–Kier alpha value is -0.700.